The number of aromatic nitrogens is 4. The van der Waals surface area contributed by atoms with E-state index in [1.165, 1.54) is 18.5 Å². The summed E-state index contributed by atoms with van der Waals surface area (Å²) >= 11 is 6.38. The van der Waals surface area contributed by atoms with Gasteiger partial charge in [-0.15, -0.1) is 4.80 Å². The Morgan fingerprint density at radius 1 is 1.26 bits per heavy atom. The number of carbonyl (C=O) groups excluding carboxylic acids is 1. The van der Waals surface area contributed by atoms with Crippen molar-refractivity contribution in [3.63, 3.8) is 0 Å². The molecule has 2 bridgehead atoms. The minimum Gasteiger partial charge on any atom is -0.364 e. The van der Waals surface area contributed by atoms with Crippen molar-refractivity contribution in [2.75, 3.05) is 11.9 Å². The molecule has 3 unspecified atom stereocenters. The number of amides is 1. The van der Waals surface area contributed by atoms with Crippen LogP contribution in [-0.4, -0.2) is 49.4 Å². The number of para-hydroxylation sites is 1. The van der Waals surface area contributed by atoms with E-state index in [-0.39, 0.29) is 29.2 Å². The zero-order chi connectivity index (χ0) is 21.5. The second kappa shape index (κ2) is 7.92. The Bertz CT molecular complexity index is 1120. The van der Waals surface area contributed by atoms with Crippen LogP contribution in [0.5, 0.6) is 0 Å². The van der Waals surface area contributed by atoms with Crippen molar-refractivity contribution in [3.05, 3.63) is 64.8 Å². The summed E-state index contributed by atoms with van der Waals surface area (Å²) in [5, 5.41) is 12.1. The monoisotopic (exact) mass is 440 g/mol. The normalized spacial score (nSPS) is 22.5. The highest BCUT2D eigenvalue weighted by atomic mass is 35.5. The summed E-state index contributed by atoms with van der Waals surface area (Å²) < 4.78 is 14.7. The molecule has 0 spiro atoms. The lowest BCUT2D eigenvalue weighted by Gasteiger charge is -2.50. The van der Waals surface area contributed by atoms with Crippen LogP contribution in [0.2, 0.25) is 5.02 Å². The van der Waals surface area contributed by atoms with Gasteiger partial charge in [0, 0.05) is 18.8 Å². The lowest BCUT2D eigenvalue weighted by Crippen LogP contribution is -2.60. The van der Waals surface area contributed by atoms with Crippen LogP contribution in [0.3, 0.4) is 0 Å². The van der Waals surface area contributed by atoms with Crippen molar-refractivity contribution in [3.8, 4) is 5.69 Å². The van der Waals surface area contributed by atoms with Gasteiger partial charge < -0.3 is 10.2 Å². The number of pyridine rings is 1. The van der Waals surface area contributed by atoms with Gasteiger partial charge in [0.1, 0.15) is 11.5 Å². The number of piperidine rings is 2. The summed E-state index contributed by atoms with van der Waals surface area (Å²) in [5.74, 6) is 0.255. The molecule has 1 N–H and O–H groups in total. The number of fused-ring (bicyclic) bond motifs is 3. The quantitative estimate of drug-likeness (QED) is 0.666. The van der Waals surface area contributed by atoms with E-state index in [1.54, 1.807) is 18.3 Å². The van der Waals surface area contributed by atoms with E-state index in [4.69, 9.17) is 11.6 Å². The molecule has 31 heavy (non-hydrogen) atoms. The Hall–Kier alpha value is -3.00. The predicted octanol–water partition coefficient (Wildman–Crippen LogP) is 3.87. The number of halogens is 2. The molecule has 3 aliphatic rings. The summed E-state index contributed by atoms with van der Waals surface area (Å²) in [6.07, 6.45) is 7.58. The minimum atomic E-state index is -0.533. The number of hydrogen-bond acceptors (Lipinski definition) is 5. The van der Waals surface area contributed by atoms with E-state index in [9.17, 15) is 9.18 Å². The van der Waals surface area contributed by atoms with Crippen LogP contribution in [0.15, 0.2) is 42.9 Å². The van der Waals surface area contributed by atoms with Crippen LogP contribution >= 0.6 is 11.6 Å². The first-order valence-corrected chi connectivity index (χ1v) is 10.7. The van der Waals surface area contributed by atoms with Crippen LogP contribution in [-0.2, 0) is 0 Å². The number of rotatable bonds is 4. The van der Waals surface area contributed by atoms with Gasteiger partial charge in [-0.2, -0.15) is 10.2 Å². The summed E-state index contributed by atoms with van der Waals surface area (Å²) in [5.41, 5.74) is 1.32. The molecule has 4 heterocycles. The Balaban J connectivity index is 1.45. The van der Waals surface area contributed by atoms with E-state index in [0.717, 1.165) is 29.6 Å². The molecule has 1 amide bonds. The maximum atomic E-state index is 14.7. The van der Waals surface area contributed by atoms with E-state index in [1.807, 2.05) is 17.9 Å². The Morgan fingerprint density at radius 3 is 2.81 bits per heavy atom. The molecule has 160 valence electrons. The Kier molecular flexibility index (Phi) is 5.09. The third kappa shape index (κ3) is 3.65. The van der Waals surface area contributed by atoms with Crippen LogP contribution < -0.4 is 5.32 Å². The molecular weight excluding hydrogens is 419 g/mol. The highest BCUT2D eigenvalue weighted by Gasteiger charge is 2.44. The molecular formula is C22H22ClFN6O. The summed E-state index contributed by atoms with van der Waals surface area (Å²) in [4.78, 5) is 21.0. The largest absolute Gasteiger partial charge is 0.364 e. The van der Waals surface area contributed by atoms with Crippen LogP contribution in [0.1, 0.15) is 35.2 Å². The first-order chi connectivity index (χ1) is 15.0. The summed E-state index contributed by atoms with van der Waals surface area (Å²) in [7, 11) is 0. The fourth-order valence-corrected chi connectivity index (χ4v) is 5.05. The van der Waals surface area contributed by atoms with Crippen molar-refractivity contribution in [1.29, 1.82) is 0 Å². The molecule has 7 nitrogen and oxygen atoms in total. The second-order valence-electron chi connectivity index (χ2n) is 8.25. The third-order valence-corrected chi connectivity index (χ3v) is 6.46. The molecule has 3 fully saturated rings. The maximum absolute atomic E-state index is 14.7. The SMILES string of the molecule is Cc1cnc(NC2CC3CCC2N(C(=O)c2cccc(F)c2-n2nccn2)C3)c(Cl)c1. The fraction of sp³-hybridized carbons (Fsp3) is 0.364. The number of benzene rings is 1. The first kappa shape index (κ1) is 19.9. The van der Waals surface area contributed by atoms with Gasteiger partial charge in [-0.05, 0) is 55.9 Å². The smallest absolute Gasteiger partial charge is 0.256 e. The molecule has 2 saturated heterocycles. The molecule has 0 radical (unpaired) electrons. The van der Waals surface area contributed by atoms with Crippen molar-refractivity contribution in [1.82, 2.24) is 24.9 Å². The molecule has 2 aliphatic heterocycles. The lowest BCUT2D eigenvalue weighted by molar-refractivity contribution is 0.0281. The van der Waals surface area contributed by atoms with Gasteiger partial charge in [-0.3, -0.25) is 4.79 Å². The highest BCUT2D eigenvalue weighted by molar-refractivity contribution is 6.32. The maximum Gasteiger partial charge on any atom is 0.256 e. The standard InChI is InChI=1S/C22H22ClFN6O/c1-13-9-16(23)21(25-11-13)28-18-10-14-5-6-19(18)29(12-14)22(31)15-3-2-4-17(24)20(15)30-26-7-8-27-30/h2-4,7-9,11,14,18-19H,5-6,10,12H2,1H3,(H,25,28). The number of carbonyl (C=O) groups is 1. The van der Waals surface area contributed by atoms with E-state index < -0.39 is 5.82 Å². The molecule has 9 heteroatoms. The fourth-order valence-electron chi connectivity index (χ4n) is 4.78. The van der Waals surface area contributed by atoms with Gasteiger partial charge in [0.05, 0.1) is 29.0 Å². The van der Waals surface area contributed by atoms with Gasteiger partial charge in [0.15, 0.2) is 5.82 Å². The second-order valence-corrected chi connectivity index (χ2v) is 8.66. The van der Waals surface area contributed by atoms with Crippen LogP contribution in [0.4, 0.5) is 10.2 Å². The van der Waals surface area contributed by atoms with E-state index in [0.29, 0.717) is 23.3 Å². The van der Waals surface area contributed by atoms with Gasteiger partial charge in [0.25, 0.3) is 5.91 Å². The number of anilines is 1. The van der Waals surface area contributed by atoms with Gasteiger partial charge in [-0.25, -0.2) is 9.37 Å². The molecule has 1 aromatic carbocycles. The lowest BCUT2D eigenvalue weighted by atomic mass is 9.76. The molecule has 3 aromatic rings. The first-order valence-electron chi connectivity index (χ1n) is 10.4. The predicted molar refractivity (Wildman–Crippen MR) is 115 cm³/mol. The van der Waals surface area contributed by atoms with Gasteiger partial charge in [0.2, 0.25) is 0 Å². The Morgan fingerprint density at radius 2 is 2.06 bits per heavy atom. The van der Waals surface area contributed by atoms with Crippen molar-refractivity contribution >= 4 is 23.3 Å². The van der Waals surface area contributed by atoms with Gasteiger partial charge >= 0.3 is 0 Å². The average molecular weight is 441 g/mol. The number of aryl methyl sites for hydroxylation is 1. The number of nitrogens with zero attached hydrogens (tertiary/aromatic N) is 5. The van der Waals surface area contributed by atoms with E-state index >= 15 is 0 Å². The molecule has 6 rings (SSSR count). The molecule has 2 aromatic heterocycles. The van der Waals surface area contributed by atoms with Crippen molar-refractivity contribution in [2.45, 2.75) is 38.3 Å². The van der Waals surface area contributed by atoms with E-state index in [2.05, 4.69) is 20.5 Å². The van der Waals surface area contributed by atoms with Gasteiger partial charge in [-0.1, -0.05) is 17.7 Å². The van der Waals surface area contributed by atoms with Crippen LogP contribution in [0, 0.1) is 18.7 Å². The zero-order valence-corrected chi connectivity index (χ0v) is 17.8. The molecule has 3 atom stereocenters. The average Bonchev–Trinajstić information content (AvgIpc) is 3.30. The molecule has 1 saturated carbocycles. The summed E-state index contributed by atoms with van der Waals surface area (Å²) in [6, 6.07) is 6.36. The number of hydrogen-bond donors (Lipinski definition) is 1. The number of nitrogens with one attached hydrogen (secondary N) is 1. The third-order valence-electron chi connectivity index (χ3n) is 6.17. The minimum absolute atomic E-state index is 0.0293. The summed E-state index contributed by atoms with van der Waals surface area (Å²) in [6.45, 7) is 2.59. The van der Waals surface area contributed by atoms with Crippen molar-refractivity contribution < 1.29 is 9.18 Å². The highest BCUT2D eigenvalue weighted by Crippen LogP contribution is 2.38. The topological polar surface area (TPSA) is 75.9 Å². The van der Waals surface area contributed by atoms with Crippen LogP contribution in [0.25, 0.3) is 5.69 Å². The van der Waals surface area contributed by atoms with Crippen molar-refractivity contribution in [2.24, 2.45) is 5.92 Å². The zero-order valence-electron chi connectivity index (χ0n) is 17.0. The molecule has 1 aliphatic carbocycles. The Labute approximate surface area is 184 Å².